The molecular formula is C28H33N5O3. The number of pyridine rings is 1. The first-order valence-corrected chi connectivity index (χ1v) is 12.4. The molecule has 188 valence electrons. The average Bonchev–Trinajstić information content (AvgIpc) is 3.26. The molecule has 0 bridgehead atoms. The average molecular weight is 488 g/mol. The van der Waals surface area contributed by atoms with Gasteiger partial charge in [0.1, 0.15) is 17.2 Å². The Morgan fingerprint density at radius 1 is 1.25 bits per heavy atom. The van der Waals surface area contributed by atoms with Crippen LogP contribution in [-0.2, 0) is 16.6 Å². The van der Waals surface area contributed by atoms with Crippen LogP contribution in [0.2, 0.25) is 0 Å². The maximum absolute atomic E-state index is 12.6. The van der Waals surface area contributed by atoms with E-state index in [9.17, 15) is 4.79 Å². The van der Waals surface area contributed by atoms with Gasteiger partial charge in [-0.3, -0.25) is 9.48 Å². The summed E-state index contributed by atoms with van der Waals surface area (Å²) < 4.78 is 13.6. The first-order valence-electron chi connectivity index (χ1n) is 12.4. The summed E-state index contributed by atoms with van der Waals surface area (Å²) in [6.45, 7) is 10.3. The number of benzene rings is 1. The molecule has 8 heteroatoms. The Kier molecular flexibility index (Phi) is 6.06. The van der Waals surface area contributed by atoms with Gasteiger partial charge in [-0.1, -0.05) is 12.1 Å². The van der Waals surface area contributed by atoms with Gasteiger partial charge in [-0.05, 0) is 76.6 Å². The van der Waals surface area contributed by atoms with E-state index in [-0.39, 0.29) is 11.9 Å². The SMILES string of the molecule is Cc1nn(C)c(C)c1-c1nc2nccc(-c3ccc4c(c3)OCCCC4CC(=O)OC(C)(C)C)c2[nH]1. The zero-order valence-electron chi connectivity index (χ0n) is 21.8. The molecule has 4 heterocycles. The van der Waals surface area contributed by atoms with E-state index in [4.69, 9.17) is 14.5 Å². The van der Waals surface area contributed by atoms with Gasteiger partial charge in [-0.15, -0.1) is 0 Å². The van der Waals surface area contributed by atoms with Crippen LogP contribution < -0.4 is 4.74 Å². The van der Waals surface area contributed by atoms with Crippen LogP contribution in [0.1, 0.15) is 62.9 Å². The van der Waals surface area contributed by atoms with Crippen molar-refractivity contribution in [2.45, 2.75) is 65.4 Å². The van der Waals surface area contributed by atoms with E-state index in [2.05, 4.69) is 33.3 Å². The number of nitrogens with zero attached hydrogens (tertiary/aromatic N) is 4. The van der Waals surface area contributed by atoms with Crippen LogP contribution in [0.4, 0.5) is 0 Å². The third-order valence-corrected chi connectivity index (χ3v) is 6.69. The second kappa shape index (κ2) is 9.08. The first kappa shape index (κ1) is 24.0. The second-order valence-corrected chi connectivity index (χ2v) is 10.5. The molecule has 3 aromatic heterocycles. The van der Waals surface area contributed by atoms with Crippen LogP contribution in [-0.4, -0.2) is 42.9 Å². The third-order valence-electron chi connectivity index (χ3n) is 6.69. The third kappa shape index (κ3) is 4.59. The number of carbonyl (C=O) groups excluding carboxylic acids is 1. The van der Waals surface area contributed by atoms with Gasteiger partial charge >= 0.3 is 5.97 Å². The van der Waals surface area contributed by atoms with Gasteiger partial charge in [-0.2, -0.15) is 5.10 Å². The van der Waals surface area contributed by atoms with E-state index in [1.165, 1.54) is 0 Å². The summed E-state index contributed by atoms with van der Waals surface area (Å²) in [5, 5.41) is 4.53. The minimum absolute atomic E-state index is 0.0687. The number of aromatic nitrogens is 5. The zero-order chi connectivity index (χ0) is 25.6. The summed E-state index contributed by atoms with van der Waals surface area (Å²) >= 11 is 0. The molecule has 1 unspecified atom stereocenters. The molecule has 0 fully saturated rings. The van der Waals surface area contributed by atoms with Crippen LogP contribution >= 0.6 is 0 Å². The number of carbonyl (C=O) groups is 1. The Morgan fingerprint density at radius 3 is 2.78 bits per heavy atom. The number of hydrogen-bond acceptors (Lipinski definition) is 6. The van der Waals surface area contributed by atoms with Gasteiger partial charge < -0.3 is 14.5 Å². The van der Waals surface area contributed by atoms with Crippen LogP contribution in [0, 0.1) is 13.8 Å². The lowest BCUT2D eigenvalue weighted by atomic mass is 9.90. The summed E-state index contributed by atoms with van der Waals surface area (Å²) in [7, 11) is 1.93. The van der Waals surface area contributed by atoms with Crippen LogP contribution in [0.5, 0.6) is 5.75 Å². The monoisotopic (exact) mass is 487 g/mol. The number of H-pyrrole nitrogens is 1. The van der Waals surface area contributed by atoms with Crippen molar-refractivity contribution in [2.75, 3.05) is 6.61 Å². The molecule has 1 N–H and O–H groups in total. The van der Waals surface area contributed by atoms with Gasteiger partial charge in [0.25, 0.3) is 0 Å². The maximum Gasteiger partial charge on any atom is 0.306 e. The number of fused-ring (bicyclic) bond motifs is 2. The molecule has 1 aliphatic heterocycles. The number of ether oxygens (including phenoxy) is 2. The van der Waals surface area contributed by atoms with Crippen molar-refractivity contribution < 1.29 is 14.3 Å². The minimum atomic E-state index is -0.493. The molecule has 0 saturated heterocycles. The highest BCUT2D eigenvalue weighted by Gasteiger charge is 2.26. The molecule has 0 amide bonds. The summed E-state index contributed by atoms with van der Waals surface area (Å²) in [5.41, 5.74) is 7.06. The maximum atomic E-state index is 12.6. The quantitative estimate of drug-likeness (QED) is 0.375. The lowest BCUT2D eigenvalue weighted by Gasteiger charge is -2.22. The molecule has 1 atom stereocenters. The Morgan fingerprint density at radius 2 is 2.06 bits per heavy atom. The van der Waals surface area contributed by atoms with Gasteiger partial charge in [0, 0.05) is 24.5 Å². The highest BCUT2D eigenvalue weighted by molar-refractivity contribution is 5.92. The lowest BCUT2D eigenvalue weighted by molar-refractivity contribution is -0.155. The fourth-order valence-corrected chi connectivity index (χ4v) is 5.01. The second-order valence-electron chi connectivity index (χ2n) is 10.5. The van der Waals surface area contributed by atoms with Crippen molar-refractivity contribution in [1.82, 2.24) is 24.7 Å². The molecule has 5 rings (SSSR count). The molecule has 4 aromatic rings. The number of nitrogens with one attached hydrogen (secondary N) is 1. The largest absolute Gasteiger partial charge is 0.493 e. The van der Waals surface area contributed by atoms with Crippen molar-refractivity contribution in [2.24, 2.45) is 7.05 Å². The highest BCUT2D eigenvalue weighted by Crippen LogP contribution is 2.39. The Bertz CT molecular complexity index is 1440. The molecule has 1 aliphatic rings. The van der Waals surface area contributed by atoms with Crippen molar-refractivity contribution in [3.05, 3.63) is 47.4 Å². The fraction of sp³-hybridized carbons (Fsp3) is 0.429. The zero-order valence-corrected chi connectivity index (χ0v) is 21.8. The number of hydrogen-bond donors (Lipinski definition) is 1. The number of imidazole rings is 1. The smallest absolute Gasteiger partial charge is 0.306 e. The van der Waals surface area contributed by atoms with Gasteiger partial charge in [0.05, 0.1) is 29.8 Å². The molecule has 0 aliphatic carbocycles. The molecular weight excluding hydrogens is 454 g/mol. The number of rotatable bonds is 4. The number of aromatic amines is 1. The number of esters is 1. The summed E-state index contributed by atoms with van der Waals surface area (Å²) in [5.74, 6) is 1.48. The van der Waals surface area contributed by atoms with E-state index >= 15 is 0 Å². The number of aryl methyl sites for hydroxylation is 2. The van der Waals surface area contributed by atoms with E-state index in [0.29, 0.717) is 18.7 Å². The normalized spacial score (nSPS) is 15.9. The minimum Gasteiger partial charge on any atom is -0.493 e. The van der Waals surface area contributed by atoms with Crippen molar-refractivity contribution >= 4 is 17.1 Å². The van der Waals surface area contributed by atoms with Gasteiger partial charge in [-0.25, -0.2) is 9.97 Å². The topological polar surface area (TPSA) is 94.9 Å². The van der Waals surface area contributed by atoms with Crippen molar-refractivity contribution in [3.63, 3.8) is 0 Å². The predicted molar refractivity (Wildman–Crippen MR) is 139 cm³/mol. The fourth-order valence-electron chi connectivity index (χ4n) is 5.01. The van der Waals surface area contributed by atoms with E-state index in [0.717, 1.165) is 63.6 Å². The lowest BCUT2D eigenvalue weighted by Crippen LogP contribution is -2.24. The molecule has 0 saturated carbocycles. The van der Waals surface area contributed by atoms with E-state index in [1.807, 2.05) is 52.4 Å². The van der Waals surface area contributed by atoms with E-state index in [1.54, 1.807) is 6.20 Å². The highest BCUT2D eigenvalue weighted by atomic mass is 16.6. The molecule has 1 aromatic carbocycles. The predicted octanol–water partition coefficient (Wildman–Crippen LogP) is 5.63. The molecule has 0 radical (unpaired) electrons. The van der Waals surface area contributed by atoms with Crippen molar-refractivity contribution in [3.8, 4) is 28.3 Å². The van der Waals surface area contributed by atoms with Crippen molar-refractivity contribution in [1.29, 1.82) is 0 Å². The summed E-state index contributed by atoms with van der Waals surface area (Å²) in [6.07, 6.45) is 3.91. The summed E-state index contributed by atoms with van der Waals surface area (Å²) in [6, 6.07) is 8.23. The van der Waals surface area contributed by atoms with Crippen LogP contribution in [0.3, 0.4) is 0 Å². The molecule has 8 nitrogen and oxygen atoms in total. The van der Waals surface area contributed by atoms with Gasteiger partial charge in [0.15, 0.2) is 5.65 Å². The Hall–Kier alpha value is -3.68. The molecule has 0 spiro atoms. The van der Waals surface area contributed by atoms with Gasteiger partial charge in [0.2, 0.25) is 0 Å². The Labute approximate surface area is 211 Å². The van der Waals surface area contributed by atoms with E-state index < -0.39 is 5.60 Å². The van der Waals surface area contributed by atoms with Crippen LogP contribution in [0.25, 0.3) is 33.7 Å². The standard InChI is InChI=1S/C28H33N5O3/c1-16-24(17(2)33(6)32-16)26-30-25-21(11-12-29-27(25)31-26)19-9-10-20-18(8-7-13-35-22(20)14-19)15-23(34)36-28(3,4)5/h9-12,14,18H,7-8,13,15H2,1-6H3,(H,29,30,31). The Balaban J connectivity index is 1.51. The summed E-state index contributed by atoms with van der Waals surface area (Å²) in [4.78, 5) is 25.3. The molecule has 36 heavy (non-hydrogen) atoms. The van der Waals surface area contributed by atoms with Crippen LogP contribution in [0.15, 0.2) is 30.5 Å². The first-order chi connectivity index (χ1) is 17.1.